The second-order valence-electron chi connectivity index (χ2n) is 8.60. The molecule has 6 heteroatoms. The number of halogens is 1. The Hall–Kier alpha value is -3.70. The van der Waals surface area contributed by atoms with E-state index in [1.807, 2.05) is 61.5 Å². The molecule has 2 amide bonds. The van der Waals surface area contributed by atoms with Crippen molar-refractivity contribution in [3.63, 3.8) is 0 Å². The lowest BCUT2D eigenvalue weighted by atomic mass is 9.92. The van der Waals surface area contributed by atoms with Crippen LogP contribution in [0.25, 0.3) is 22.0 Å². The van der Waals surface area contributed by atoms with Crippen molar-refractivity contribution < 1.29 is 9.59 Å². The predicted molar refractivity (Wildman–Crippen MR) is 136 cm³/mol. The van der Waals surface area contributed by atoms with Crippen LogP contribution in [0, 0.1) is 6.92 Å². The Morgan fingerprint density at radius 3 is 2.50 bits per heavy atom. The fraction of sp³-hybridized carbons (Fsp3) is 0.179. The van der Waals surface area contributed by atoms with Crippen LogP contribution >= 0.6 is 11.6 Å². The van der Waals surface area contributed by atoms with E-state index in [9.17, 15) is 9.59 Å². The van der Waals surface area contributed by atoms with Crippen molar-refractivity contribution in [1.82, 2.24) is 10.3 Å². The van der Waals surface area contributed by atoms with E-state index in [1.165, 1.54) is 0 Å². The fourth-order valence-corrected chi connectivity index (χ4v) is 4.36. The molecule has 5 nitrogen and oxygen atoms in total. The summed E-state index contributed by atoms with van der Waals surface area (Å²) in [5, 5.41) is 7.23. The van der Waals surface area contributed by atoms with Crippen molar-refractivity contribution in [1.29, 1.82) is 0 Å². The topological polar surface area (TPSA) is 71.1 Å². The first-order valence-corrected chi connectivity index (χ1v) is 11.7. The second kappa shape index (κ2) is 9.27. The molecule has 5 rings (SSSR count). The summed E-state index contributed by atoms with van der Waals surface area (Å²) in [4.78, 5) is 30.4. The number of fused-ring (bicyclic) bond motifs is 1. The summed E-state index contributed by atoms with van der Waals surface area (Å²) in [6, 6.07) is 23.2. The van der Waals surface area contributed by atoms with Gasteiger partial charge in [-0.05, 0) is 60.7 Å². The van der Waals surface area contributed by atoms with E-state index in [0.29, 0.717) is 16.3 Å². The predicted octanol–water partition coefficient (Wildman–Crippen LogP) is 5.94. The highest BCUT2D eigenvalue weighted by Crippen LogP contribution is 2.33. The largest absolute Gasteiger partial charge is 0.349 e. The van der Waals surface area contributed by atoms with Crippen LogP contribution in [0.5, 0.6) is 0 Å². The molecule has 1 aliphatic rings. The fourth-order valence-electron chi connectivity index (χ4n) is 4.16. The number of hydrogen-bond acceptors (Lipinski definition) is 3. The van der Waals surface area contributed by atoms with Crippen molar-refractivity contribution in [3.8, 4) is 11.1 Å². The van der Waals surface area contributed by atoms with Gasteiger partial charge in [0.15, 0.2) is 0 Å². The van der Waals surface area contributed by atoms with Crippen LogP contribution in [0.4, 0.5) is 5.69 Å². The van der Waals surface area contributed by atoms with Gasteiger partial charge in [-0.2, -0.15) is 0 Å². The Kier molecular flexibility index (Phi) is 6.03. The van der Waals surface area contributed by atoms with Gasteiger partial charge >= 0.3 is 0 Å². The summed E-state index contributed by atoms with van der Waals surface area (Å²) in [5.41, 5.74) is 5.53. The molecule has 0 bridgehead atoms. The van der Waals surface area contributed by atoms with Crippen LogP contribution in [0.15, 0.2) is 72.8 Å². The van der Waals surface area contributed by atoms with Gasteiger partial charge in [0.1, 0.15) is 0 Å². The van der Waals surface area contributed by atoms with E-state index < -0.39 is 0 Å². The summed E-state index contributed by atoms with van der Waals surface area (Å²) < 4.78 is 0. The zero-order valence-corrected chi connectivity index (χ0v) is 19.5. The standard InChI is InChI=1S/C28H24ClN3O2/c1-17-22(27(18-7-3-2-4-8-18)21-9-5-6-10-25(21)30-17)16-26(33)31-20-13-14-24(29)23(15-20)28(34)32-19-11-12-19/h2-10,13-15,19H,11-12,16H2,1H3,(H,31,33)(H,32,34). The van der Waals surface area contributed by atoms with Crippen molar-refractivity contribution in [2.75, 3.05) is 5.32 Å². The molecule has 0 radical (unpaired) electrons. The van der Waals surface area contributed by atoms with Crippen molar-refractivity contribution in [2.24, 2.45) is 0 Å². The average Bonchev–Trinajstić information content (AvgIpc) is 3.65. The van der Waals surface area contributed by atoms with Crippen molar-refractivity contribution >= 4 is 40.0 Å². The van der Waals surface area contributed by atoms with Gasteiger partial charge in [-0.1, -0.05) is 60.1 Å². The molecule has 3 aromatic carbocycles. The smallest absolute Gasteiger partial charge is 0.253 e. The quantitative estimate of drug-likeness (QED) is 0.367. The van der Waals surface area contributed by atoms with Crippen molar-refractivity contribution in [3.05, 3.63) is 94.6 Å². The maximum absolute atomic E-state index is 13.1. The van der Waals surface area contributed by atoms with E-state index in [2.05, 4.69) is 10.6 Å². The molecule has 0 aliphatic heterocycles. The maximum Gasteiger partial charge on any atom is 0.253 e. The van der Waals surface area contributed by atoms with Gasteiger partial charge in [0, 0.05) is 22.8 Å². The molecule has 0 unspecified atom stereocenters. The van der Waals surface area contributed by atoms with E-state index >= 15 is 0 Å². The number of benzene rings is 3. The maximum atomic E-state index is 13.1. The molecule has 0 atom stereocenters. The first-order chi connectivity index (χ1) is 16.5. The average molecular weight is 470 g/mol. The van der Waals surface area contributed by atoms with E-state index in [4.69, 9.17) is 16.6 Å². The second-order valence-corrected chi connectivity index (χ2v) is 9.01. The van der Waals surface area contributed by atoms with E-state index in [0.717, 1.165) is 46.1 Å². The number of nitrogens with one attached hydrogen (secondary N) is 2. The lowest BCUT2D eigenvalue weighted by Gasteiger charge is -2.16. The molecule has 2 N–H and O–H groups in total. The number of anilines is 1. The molecule has 0 saturated heterocycles. The lowest BCUT2D eigenvalue weighted by molar-refractivity contribution is -0.115. The molecule has 170 valence electrons. The zero-order valence-electron chi connectivity index (χ0n) is 18.8. The SMILES string of the molecule is Cc1nc2ccccc2c(-c2ccccc2)c1CC(=O)Nc1ccc(Cl)c(C(=O)NC2CC2)c1. The number of rotatable bonds is 6. The molecule has 1 fully saturated rings. The number of amides is 2. The van der Waals surface area contributed by atoms with Crippen LogP contribution in [-0.2, 0) is 11.2 Å². The van der Waals surface area contributed by atoms with Crippen LogP contribution in [0.2, 0.25) is 5.02 Å². The van der Waals surface area contributed by atoms with Crippen LogP contribution in [0.1, 0.15) is 34.5 Å². The minimum Gasteiger partial charge on any atom is -0.349 e. The van der Waals surface area contributed by atoms with Gasteiger partial charge in [0.25, 0.3) is 5.91 Å². The number of pyridine rings is 1. The number of nitrogens with zero attached hydrogens (tertiary/aromatic N) is 1. The molecular formula is C28H24ClN3O2. The van der Waals surface area contributed by atoms with Gasteiger partial charge in [-0.25, -0.2) is 0 Å². The highest BCUT2D eigenvalue weighted by Gasteiger charge is 2.25. The molecular weight excluding hydrogens is 446 g/mol. The van der Waals surface area contributed by atoms with Gasteiger partial charge in [0.2, 0.25) is 5.91 Å². The summed E-state index contributed by atoms with van der Waals surface area (Å²) in [6.07, 6.45) is 2.13. The Bertz CT molecular complexity index is 1400. The van der Waals surface area contributed by atoms with Gasteiger partial charge in [-0.15, -0.1) is 0 Å². The molecule has 1 aliphatic carbocycles. The molecule has 4 aromatic rings. The zero-order chi connectivity index (χ0) is 23.7. The van der Waals surface area contributed by atoms with Gasteiger partial charge < -0.3 is 10.6 Å². The van der Waals surface area contributed by atoms with E-state index in [1.54, 1.807) is 18.2 Å². The summed E-state index contributed by atoms with van der Waals surface area (Å²) in [6.45, 7) is 1.93. The minimum atomic E-state index is -0.218. The molecule has 1 saturated carbocycles. The van der Waals surface area contributed by atoms with E-state index in [-0.39, 0.29) is 24.3 Å². The Morgan fingerprint density at radius 1 is 1.00 bits per heavy atom. The lowest BCUT2D eigenvalue weighted by Crippen LogP contribution is -2.26. The third-order valence-corrected chi connectivity index (χ3v) is 6.34. The summed E-state index contributed by atoms with van der Waals surface area (Å²) in [7, 11) is 0. The van der Waals surface area contributed by atoms with Gasteiger partial charge in [-0.3, -0.25) is 14.6 Å². The molecule has 0 spiro atoms. The highest BCUT2D eigenvalue weighted by molar-refractivity contribution is 6.34. The monoisotopic (exact) mass is 469 g/mol. The highest BCUT2D eigenvalue weighted by atomic mass is 35.5. The Labute approximate surface area is 203 Å². The summed E-state index contributed by atoms with van der Waals surface area (Å²) in [5.74, 6) is -0.405. The number of aryl methyl sites for hydroxylation is 1. The summed E-state index contributed by atoms with van der Waals surface area (Å²) >= 11 is 6.24. The van der Waals surface area contributed by atoms with Crippen molar-refractivity contribution in [2.45, 2.75) is 32.2 Å². The van der Waals surface area contributed by atoms with Crippen LogP contribution in [-0.4, -0.2) is 22.8 Å². The number of aromatic nitrogens is 1. The first kappa shape index (κ1) is 22.1. The van der Waals surface area contributed by atoms with Crippen LogP contribution in [0.3, 0.4) is 0 Å². The number of para-hydroxylation sites is 1. The molecule has 34 heavy (non-hydrogen) atoms. The molecule has 1 heterocycles. The normalized spacial score (nSPS) is 13.0. The Morgan fingerprint density at radius 2 is 1.74 bits per heavy atom. The third kappa shape index (κ3) is 4.66. The van der Waals surface area contributed by atoms with Crippen LogP contribution < -0.4 is 10.6 Å². The molecule has 1 aromatic heterocycles. The number of carbonyl (C=O) groups excluding carboxylic acids is 2. The Balaban J connectivity index is 1.45. The number of carbonyl (C=O) groups is 2. The first-order valence-electron chi connectivity index (χ1n) is 11.3. The third-order valence-electron chi connectivity index (χ3n) is 6.01. The number of hydrogen-bond donors (Lipinski definition) is 2. The minimum absolute atomic E-state index is 0.153. The van der Waals surface area contributed by atoms with Gasteiger partial charge in [0.05, 0.1) is 22.5 Å².